The van der Waals surface area contributed by atoms with Gasteiger partial charge in [-0.05, 0) is 12.1 Å². The molecule has 1 N–H and O–H groups in total. The van der Waals surface area contributed by atoms with Crippen molar-refractivity contribution < 1.29 is 9.90 Å². The zero-order chi connectivity index (χ0) is 8.27. The van der Waals surface area contributed by atoms with Crippen molar-refractivity contribution in [2.75, 3.05) is 6.61 Å². The minimum absolute atomic E-state index is 0.252. The molecule has 0 aliphatic carbocycles. The summed E-state index contributed by atoms with van der Waals surface area (Å²) in [7, 11) is 0. The van der Waals surface area contributed by atoms with Crippen molar-refractivity contribution in [3.63, 3.8) is 0 Å². The Morgan fingerprint density at radius 3 is 2.36 bits per heavy atom. The second-order valence-electron chi connectivity index (χ2n) is 2.09. The predicted molar refractivity (Wildman–Crippen MR) is 45.6 cm³/mol. The van der Waals surface area contributed by atoms with Gasteiger partial charge in [0.15, 0.2) is 5.78 Å². The third-order valence-electron chi connectivity index (χ3n) is 1.31. The molecule has 0 unspecified atom stereocenters. The number of aliphatic hydroxyl groups excluding tert-OH is 1. The van der Waals surface area contributed by atoms with E-state index in [4.69, 9.17) is 5.11 Å². The summed E-state index contributed by atoms with van der Waals surface area (Å²) in [5.41, 5.74) is 0.538. The van der Waals surface area contributed by atoms with Crippen molar-refractivity contribution in [3.8, 4) is 0 Å². The van der Waals surface area contributed by atoms with E-state index in [-0.39, 0.29) is 5.78 Å². The van der Waals surface area contributed by atoms with Crippen LogP contribution in [0.2, 0.25) is 0 Å². The van der Waals surface area contributed by atoms with E-state index >= 15 is 0 Å². The lowest BCUT2D eigenvalue weighted by molar-refractivity contribution is 0.0904. The predicted octanol–water partition coefficient (Wildman–Crippen LogP) is 1.62. The third kappa shape index (κ3) is 2.13. The maximum atomic E-state index is 10.9. The molecule has 0 aliphatic heterocycles. The second-order valence-corrected chi connectivity index (χ2v) is 3.00. The summed E-state index contributed by atoms with van der Waals surface area (Å²) in [4.78, 5) is 10.9. The number of hydrogen-bond donors (Lipinski definition) is 1. The highest BCUT2D eigenvalue weighted by Crippen LogP contribution is 2.10. The van der Waals surface area contributed by atoms with Gasteiger partial charge in [-0.3, -0.25) is 4.79 Å². The first kappa shape index (κ1) is 8.43. The Bertz CT molecular complexity index is 253. The van der Waals surface area contributed by atoms with E-state index in [9.17, 15) is 4.79 Å². The van der Waals surface area contributed by atoms with Gasteiger partial charge in [-0.15, -0.1) is 0 Å². The van der Waals surface area contributed by atoms with E-state index in [1.165, 1.54) is 0 Å². The van der Waals surface area contributed by atoms with Crippen molar-refractivity contribution in [2.24, 2.45) is 0 Å². The van der Waals surface area contributed by atoms with Crippen LogP contribution in [-0.4, -0.2) is 17.5 Å². The summed E-state index contributed by atoms with van der Waals surface area (Å²) < 4.78 is 0.923. The first-order chi connectivity index (χ1) is 5.24. The van der Waals surface area contributed by atoms with Crippen LogP contribution >= 0.6 is 15.9 Å². The van der Waals surface area contributed by atoms with E-state index in [2.05, 4.69) is 15.9 Å². The fourth-order valence-corrected chi connectivity index (χ4v) is 0.991. The minimum atomic E-state index is -0.429. The van der Waals surface area contributed by atoms with Crippen LogP contribution in [0.25, 0.3) is 0 Å². The van der Waals surface area contributed by atoms with Crippen LogP contribution in [0.3, 0.4) is 0 Å². The van der Waals surface area contributed by atoms with Gasteiger partial charge in [0.2, 0.25) is 0 Å². The topological polar surface area (TPSA) is 37.3 Å². The Morgan fingerprint density at radius 1 is 1.36 bits per heavy atom. The number of Topliss-reactive ketones (excluding diaryl/α,β-unsaturated/α-hetero) is 1. The maximum absolute atomic E-state index is 10.9. The molecule has 0 spiro atoms. The molecule has 0 aliphatic rings. The molecule has 0 fully saturated rings. The first-order valence-electron chi connectivity index (χ1n) is 3.13. The fourth-order valence-electron chi connectivity index (χ4n) is 0.727. The third-order valence-corrected chi connectivity index (χ3v) is 1.84. The van der Waals surface area contributed by atoms with Crippen molar-refractivity contribution in [1.29, 1.82) is 0 Å². The molecule has 11 heavy (non-hydrogen) atoms. The van der Waals surface area contributed by atoms with Gasteiger partial charge in [-0.2, -0.15) is 0 Å². The van der Waals surface area contributed by atoms with Gasteiger partial charge < -0.3 is 5.11 Å². The summed E-state index contributed by atoms with van der Waals surface area (Å²) in [6.07, 6.45) is 0. The summed E-state index contributed by atoms with van der Waals surface area (Å²) in [6, 6.07) is 6.87. The van der Waals surface area contributed by atoms with E-state index in [0.29, 0.717) is 5.56 Å². The molecular formula is C8H7BrO2. The zero-order valence-electron chi connectivity index (χ0n) is 5.75. The van der Waals surface area contributed by atoms with Gasteiger partial charge in [0.05, 0.1) is 0 Å². The van der Waals surface area contributed by atoms with Crippen LogP contribution in [0.15, 0.2) is 28.7 Å². The average molecular weight is 215 g/mol. The van der Waals surface area contributed by atoms with Gasteiger partial charge in [0.1, 0.15) is 6.61 Å². The molecule has 58 valence electrons. The molecule has 2 nitrogen and oxygen atoms in total. The van der Waals surface area contributed by atoms with Crippen molar-refractivity contribution in [1.82, 2.24) is 0 Å². The van der Waals surface area contributed by atoms with Gasteiger partial charge in [0.25, 0.3) is 0 Å². The molecule has 3 heteroatoms. The molecular weight excluding hydrogens is 208 g/mol. The van der Waals surface area contributed by atoms with Crippen LogP contribution in [-0.2, 0) is 0 Å². The number of hydrogen-bond acceptors (Lipinski definition) is 2. The normalized spacial score (nSPS) is 9.64. The second kappa shape index (κ2) is 3.64. The van der Waals surface area contributed by atoms with E-state index in [1.807, 2.05) is 0 Å². The maximum Gasteiger partial charge on any atom is 0.188 e. The van der Waals surface area contributed by atoms with Crippen molar-refractivity contribution in [2.45, 2.75) is 0 Å². The molecule has 0 bridgehead atoms. The Kier molecular flexibility index (Phi) is 2.79. The Morgan fingerprint density at radius 2 is 1.91 bits per heavy atom. The number of carbonyl (C=O) groups excluding carboxylic acids is 1. The lowest BCUT2D eigenvalue weighted by Crippen LogP contribution is -2.03. The Labute approximate surface area is 73.0 Å². The molecule has 0 saturated carbocycles. The average Bonchev–Trinajstić information content (AvgIpc) is 2.05. The fraction of sp³-hybridized carbons (Fsp3) is 0.125. The molecule has 0 aromatic heterocycles. The summed E-state index contributed by atoms with van der Waals surface area (Å²) >= 11 is 3.24. The molecule has 1 aromatic rings. The Balaban J connectivity index is 2.90. The summed E-state index contributed by atoms with van der Waals surface area (Å²) in [6.45, 7) is -0.429. The quantitative estimate of drug-likeness (QED) is 0.761. The number of halogens is 1. The number of aliphatic hydroxyl groups is 1. The van der Waals surface area contributed by atoms with Crippen LogP contribution in [0.5, 0.6) is 0 Å². The van der Waals surface area contributed by atoms with E-state index in [1.54, 1.807) is 24.3 Å². The van der Waals surface area contributed by atoms with Crippen LogP contribution in [0.1, 0.15) is 10.4 Å². The van der Waals surface area contributed by atoms with Crippen LogP contribution < -0.4 is 0 Å². The molecule has 0 radical (unpaired) electrons. The van der Waals surface area contributed by atoms with Gasteiger partial charge in [-0.25, -0.2) is 0 Å². The minimum Gasteiger partial charge on any atom is -0.388 e. The molecule has 0 saturated heterocycles. The van der Waals surface area contributed by atoms with Gasteiger partial charge >= 0.3 is 0 Å². The Hall–Kier alpha value is -0.670. The van der Waals surface area contributed by atoms with Crippen molar-refractivity contribution in [3.05, 3.63) is 34.3 Å². The van der Waals surface area contributed by atoms with E-state index < -0.39 is 6.61 Å². The standard InChI is InChI=1S/C8H7BrO2/c9-7-3-1-6(2-4-7)8(11)5-10/h1-4,10H,5H2. The molecule has 0 heterocycles. The molecule has 1 rings (SSSR count). The monoisotopic (exact) mass is 214 g/mol. The van der Waals surface area contributed by atoms with Gasteiger partial charge in [-0.1, -0.05) is 28.1 Å². The lowest BCUT2D eigenvalue weighted by atomic mass is 10.1. The summed E-state index contributed by atoms with van der Waals surface area (Å²) in [5, 5.41) is 8.50. The highest BCUT2D eigenvalue weighted by atomic mass is 79.9. The largest absolute Gasteiger partial charge is 0.388 e. The highest BCUT2D eigenvalue weighted by Gasteiger charge is 2.01. The summed E-state index contributed by atoms with van der Waals surface area (Å²) in [5.74, 6) is -0.252. The van der Waals surface area contributed by atoms with E-state index in [0.717, 1.165) is 4.47 Å². The SMILES string of the molecule is O=C(CO)c1ccc(Br)cc1. The first-order valence-corrected chi connectivity index (χ1v) is 3.93. The van der Waals surface area contributed by atoms with Crippen LogP contribution in [0, 0.1) is 0 Å². The number of carbonyl (C=O) groups is 1. The van der Waals surface area contributed by atoms with Crippen LogP contribution in [0.4, 0.5) is 0 Å². The zero-order valence-corrected chi connectivity index (χ0v) is 7.34. The van der Waals surface area contributed by atoms with Gasteiger partial charge in [0, 0.05) is 10.0 Å². The smallest absolute Gasteiger partial charge is 0.188 e. The number of benzene rings is 1. The highest BCUT2D eigenvalue weighted by molar-refractivity contribution is 9.10. The number of ketones is 1. The lowest BCUT2D eigenvalue weighted by Gasteiger charge is -1.95. The van der Waals surface area contributed by atoms with Crippen molar-refractivity contribution >= 4 is 21.7 Å². The molecule has 1 aromatic carbocycles. The molecule has 0 atom stereocenters. The molecule has 0 amide bonds. The number of rotatable bonds is 2.